The Morgan fingerprint density at radius 1 is 1.00 bits per heavy atom. The quantitative estimate of drug-likeness (QED) is 0.767. The molecule has 0 atom stereocenters. The summed E-state index contributed by atoms with van der Waals surface area (Å²) in [5.74, 6) is 0.837. The molecule has 0 aliphatic heterocycles. The first-order valence-corrected chi connectivity index (χ1v) is 6.33. The summed E-state index contributed by atoms with van der Waals surface area (Å²) in [6.07, 6.45) is 1.55. The van der Waals surface area contributed by atoms with Gasteiger partial charge in [-0.25, -0.2) is 4.98 Å². The Hall–Kier alpha value is -2.62. The highest BCUT2D eigenvalue weighted by molar-refractivity contribution is 5.85. The summed E-state index contributed by atoms with van der Waals surface area (Å²) >= 11 is 0. The minimum Gasteiger partial charge on any atom is -0.504 e. The van der Waals surface area contributed by atoms with Crippen LogP contribution in [0.1, 0.15) is 11.4 Å². The molecule has 4 nitrogen and oxygen atoms in total. The molecule has 3 rings (SSSR count). The van der Waals surface area contributed by atoms with Gasteiger partial charge in [0.2, 0.25) is 5.88 Å². The van der Waals surface area contributed by atoms with Crippen LogP contribution in [0, 0.1) is 13.8 Å². The number of benzene rings is 2. The first-order valence-electron chi connectivity index (χ1n) is 6.33. The highest BCUT2D eigenvalue weighted by Gasteiger charge is 2.08. The fraction of sp³-hybridized carbons (Fsp3) is 0.125. The number of aryl methyl sites for hydroxylation is 2. The van der Waals surface area contributed by atoms with Crippen LogP contribution in [0.5, 0.6) is 17.4 Å². The van der Waals surface area contributed by atoms with Gasteiger partial charge >= 0.3 is 0 Å². The van der Waals surface area contributed by atoms with Gasteiger partial charge in [0.1, 0.15) is 0 Å². The summed E-state index contributed by atoms with van der Waals surface area (Å²) in [5, 5.41) is 12.0. The second-order valence-corrected chi connectivity index (χ2v) is 4.65. The Kier molecular flexibility index (Phi) is 2.99. The van der Waals surface area contributed by atoms with E-state index in [0.29, 0.717) is 11.6 Å². The van der Waals surface area contributed by atoms with Gasteiger partial charge in [0.05, 0.1) is 17.6 Å². The van der Waals surface area contributed by atoms with Gasteiger partial charge in [0.15, 0.2) is 11.5 Å². The molecule has 0 spiro atoms. The zero-order valence-corrected chi connectivity index (χ0v) is 11.3. The van der Waals surface area contributed by atoms with Crippen LogP contribution in [0.15, 0.2) is 42.6 Å². The molecular weight excluding hydrogens is 252 g/mol. The van der Waals surface area contributed by atoms with E-state index in [0.717, 1.165) is 22.2 Å². The van der Waals surface area contributed by atoms with Gasteiger partial charge in [-0.15, -0.1) is 0 Å². The van der Waals surface area contributed by atoms with E-state index in [1.165, 1.54) is 0 Å². The van der Waals surface area contributed by atoms with Gasteiger partial charge in [0, 0.05) is 0 Å². The minimum atomic E-state index is 0.0868. The molecule has 0 unspecified atom stereocenters. The number of ether oxygens (including phenoxy) is 1. The van der Waals surface area contributed by atoms with Crippen LogP contribution in [0.2, 0.25) is 0 Å². The zero-order valence-electron chi connectivity index (χ0n) is 11.3. The van der Waals surface area contributed by atoms with E-state index in [2.05, 4.69) is 9.97 Å². The van der Waals surface area contributed by atoms with Gasteiger partial charge in [0.25, 0.3) is 0 Å². The van der Waals surface area contributed by atoms with Crippen molar-refractivity contribution in [1.82, 2.24) is 9.97 Å². The highest BCUT2D eigenvalue weighted by Crippen LogP contribution is 2.33. The highest BCUT2D eigenvalue weighted by atomic mass is 16.5. The van der Waals surface area contributed by atoms with Crippen LogP contribution in [-0.2, 0) is 0 Å². The van der Waals surface area contributed by atoms with Crippen molar-refractivity contribution in [2.45, 2.75) is 13.8 Å². The minimum absolute atomic E-state index is 0.0868. The SMILES string of the molecule is Cc1ncc(Oc2cc3ccccc3cc2O)nc1C. The molecule has 100 valence electrons. The fourth-order valence-corrected chi connectivity index (χ4v) is 1.97. The lowest BCUT2D eigenvalue weighted by molar-refractivity contribution is 0.401. The Morgan fingerprint density at radius 2 is 1.70 bits per heavy atom. The van der Waals surface area contributed by atoms with E-state index in [4.69, 9.17) is 4.74 Å². The van der Waals surface area contributed by atoms with Gasteiger partial charge in [-0.2, -0.15) is 0 Å². The maximum Gasteiger partial charge on any atom is 0.238 e. The largest absolute Gasteiger partial charge is 0.504 e. The number of nitrogens with zero attached hydrogens (tertiary/aromatic N) is 2. The van der Waals surface area contributed by atoms with E-state index in [1.54, 1.807) is 18.3 Å². The lowest BCUT2D eigenvalue weighted by Gasteiger charge is -2.09. The third kappa shape index (κ3) is 2.28. The number of phenolic OH excluding ortho intramolecular Hbond substituents is 1. The number of hydrogen-bond acceptors (Lipinski definition) is 4. The molecule has 0 saturated carbocycles. The van der Waals surface area contributed by atoms with Crippen molar-refractivity contribution in [2.75, 3.05) is 0 Å². The summed E-state index contributed by atoms with van der Waals surface area (Å²) in [6, 6.07) is 11.2. The third-order valence-electron chi connectivity index (χ3n) is 3.21. The van der Waals surface area contributed by atoms with Crippen molar-refractivity contribution in [3.05, 3.63) is 54.0 Å². The first kappa shape index (κ1) is 12.4. The predicted octanol–water partition coefficient (Wildman–Crippen LogP) is 3.74. The molecule has 0 amide bonds. The average molecular weight is 266 g/mol. The normalized spacial score (nSPS) is 10.7. The monoisotopic (exact) mass is 266 g/mol. The lowest BCUT2D eigenvalue weighted by atomic mass is 10.1. The van der Waals surface area contributed by atoms with Gasteiger partial charge < -0.3 is 9.84 Å². The molecule has 0 fully saturated rings. The van der Waals surface area contributed by atoms with Crippen molar-refractivity contribution in [3.8, 4) is 17.4 Å². The zero-order chi connectivity index (χ0) is 14.1. The van der Waals surface area contributed by atoms with Crippen LogP contribution < -0.4 is 4.74 Å². The number of aromatic hydroxyl groups is 1. The molecule has 0 radical (unpaired) electrons. The predicted molar refractivity (Wildman–Crippen MR) is 77.2 cm³/mol. The van der Waals surface area contributed by atoms with Crippen molar-refractivity contribution in [2.24, 2.45) is 0 Å². The first-order chi connectivity index (χ1) is 9.63. The number of aromatic nitrogens is 2. The summed E-state index contributed by atoms with van der Waals surface area (Å²) in [6.45, 7) is 3.76. The van der Waals surface area contributed by atoms with Crippen molar-refractivity contribution in [1.29, 1.82) is 0 Å². The maximum absolute atomic E-state index is 10.0. The molecule has 0 bridgehead atoms. The molecule has 1 heterocycles. The second-order valence-electron chi connectivity index (χ2n) is 4.65. The second kappa shape index (κ2) is 4.81. The maximum atomic E-state index is 10.0. The summed E-state index contributed by atoms with van der Waals surface area (Å²) in [5.41, 5.74) is 1.67. The Morgan fingerprint density at radius 3 is 2.40 bits per heavy atom. The van der Waals surface area contributed by atoms with Crippen molar-refractivity contribution < 1.29 is 9.84 Å². The van der Waals surface area contributed by atoms with Gasteiger partial charge in [-0.1, -0.05) is 24.3 Å². The molecule has 1 aromatic heterocycles. The number of phenols is 1. The Balaban J connectivity index is 2.01. The number of rotatable bonds is 2. The standard InChI is InChI=1S/C16H14N2O2/c1-10-11(2)18-16(9-17-10)20-15-8-13-6-4-3-5-12(13)7-14(15)19/h3-9,19H,1-2H3. The molecule has 2 aromatic carbocycles. The molecule has 20 heavy (non-hydrogen) atoms. The smallest absolute Gasteiger partial charge is 0.238 e. The van der Waals surface area contributed by atoms with E-state index in [-0.39, 0.29) is 5.75 Å². The van der Waals surface area contributed by atoms with E-state index >= 15 is 0 Å². The van der Waals surface area contributed by atoms with Gasteiger partial charge in [-0.3, -0.25) is 4.98 Å². The van der Waals surface area contributed by atoms with Gasteiger partial charge in [-0.05, 0) is 36.8 Å². The Bertz CT molecular complexity index is 785. The number of fused-ring (bicyclic) bond motifs is 1. The number of hydrogen-bond donors (Lipinski definition) is 1. The Labute approximate surface area is 116 Å². The summed E-state index contributed by atoms with van der Waals surface area (Å²) in [7, 11) is 0. The van der Waals surface area contributed by atoms with Crippen LogP contribution in [0.4, 0.5) is 0 Å². The molecular formula is C16H14N2O2. The molecule has 0 aliphatic rings. The summed E-state index contributed by atoms with van der Waals surface area (Å²) in [4.78, 5) is 8.49. The van der Waals surface area contributed by atoms with E-state index < -0.39 is 0 Å². The van der Waals surface area contributed by atoms with E-state index in [1.807, 2.05) is 38.1 Å². The molecule has 0 saturated heterocycles. The average Bonchev–Trinajstić information content (AvgIpc) is 2.44. The van der Waals surface area contributed by atoms with E-state index in [9.17, 15) is 5.11 Å². The summed E-state index contributed by atoms with van der Waals surface area (Å²) < 4.78 is 5.63. The van der Waals surface area contributed by atoms with Crippen LogP contribution in [0.3, 0.4) is 0 Å². The lowest BCUT2D eigenvalue weighted by Crippen LogP contribution is -1.95. The van der Waals surface area contributed by atoms with Crippen molar-refractivity contribution >= 4 is 10.8 Å². The molecule has 3 aromatic rings. The molecule has 1 N–H and O–H groups in total. The topological polar surface area (TPSA) is 55.2 Å². The van der Waals surface area contributed by atoms with Crippen LogP contribution in [-0.4, -0.2) is 15.1 Å². The van der Waals surface area contributed by atoms with Crippen LogP contribution in [0.25, 0.3) is 10.8 Å². The third-order valence-corrected chi connectivity index (χ3v) is 3.21. The molecule has 0 aliphatic carbocycles. The molecule has 4 heteroatoms. The van der Waals surface area contributed by atoms with Crippen LogP contribution >= 0.6 is 0 Å². The fourth-order valence-electron chi connectivity index (χ4n) is 1.97. The van der Waals surface area contributed by atoms with Crippen molar-refractivity contribution in [3.63, 3.8) is 0 Å².